The Morgan fingerprint density at radius 3 is 2.75 bits per heavy atom. The molecule has 9 heteroatoms. The van der Waals surface area contributed by atoms with E-state index in [1.165, 1.54) is 6.07 Å². The molecule has 0 aliphatic carbocycles. The van der Waals surface area contributed by atoms with E-state index in [1.54, 1.807) is 13.2 Å². The highest BCUT2D eigenvalue weighted by Crippen LogP contribution is 2.38. The zero-order valence-corrected chi connectivity index (χ0v) is 18.2. The molecular formula is C19H30FN5O2S. The van der Waals surface area contributed by atoms with Gasteiger partial charge in [0.2, 0.25) is 6.41 Å². The molecule has 2 unspecified atom stereocenters. The van der Waals surface area contributed by atoms with Crippen LogP contribution in [0.5, 0.6) is 0 Å². The minimum absolute atomic E-state index is 0.182. The minimum Gasteiger partial charge on any atom is -0.360 e. The number of amidine groups is 1. The van der Waals surface area contributed by atoms with Crippen LogP contribution in [0.3, 0.4) is 0 Å². The Labute approximate surface area is 168 Å². The molecule has 1 aliphatic heterocycles. The minimum atomic E-state index is -0.627. The van der Waals surface area contributed by atoms with Crippen molar-refractivity contribution < 1.29 is 13.9 Å². The fourth-order valence-electron chi connectivity index (χ4n) is 3.06. The Morgan fingerprint density at radius 2 is 2.14 bits per heavy atom. The number of carbonyl (C=O) groups excluding carboxylic acids is 1. The molecule has 0 radical (unpaired) electrons. The number of methoxy groups -OCH3 is 1. The molecule has 2 heterocycles. The van der Waals surface area contributed by atoms with Gasteiger partial charge in [0.25, 0.3) is 0 Å². The molecule has 0 spiro atoms. The highest BCUT2D eigenvalue weighted by Gasteiger charge is 2.39. The highest BCUT2D eigenvalue weighted by atomic mass is 32.2. The number of hydrogen-bond donors (Lipinski definition) is 2. The molecule has 2 atom stereocenters. The predicted octanol–water partition coefficient (Wildman–Crippen LogP) is 3.20. The number of aromatic nitrogens is 1. The summed E-state index contributed by atoms with van der Waals surface area (Å²) in [6.07, 6.45) is 1.33. The summed E-state index contributed by atoms with van der Waals surface area (Å²) >= 11 is 0. The zero-order chi connectivity index (χ0) is 20.9. The van der Waals surface area contributed by atoms with Crippen LogP contribution < -0.4 is 10.6 Å². The predicted molar refractivity (Wildman–Crippen MR) is 112 cm³/mol. The summed E-state index contributed by atoms with van der Waals surface area (Å²) in [7, 11) is 1.01. The number of nitrogens with one attached hydrogen (secondary N) is 2. The van der Waals surface area contributed by atoms with Gasteiger partial charge in [0.05, 0.1) is 15.7 Å². The Bertz CT molecular complexity index is 780. The van der Waals surface area contributed by atoms with Crippen LogP contribution in [-0.4, -0.2) is 47.9 Å². The summed E-state index contributed by atoms with van der Waals surface area (Å²) in [5.74, 6) is 0.762. The second-order valence-corrected chi connectivity index (χ2v) is 9.92. The number of pyridine rings is 1. The third kappa shape index (κ3) is 4.94. The average Bonchev–Trinajstić information content (AvgIpc) is 3.13. The molecule has 1 aromatic heterocycles. The van der Waals surface area contributed by atoms with Gasteiger partial charge in [0.1, 0.15) is 23.2 Å². The Hall–Kier alpha value is -1.87. The second-order valence-electron chi connectivity index (χ2n) is 7.44. The lowest BCUT2D eigenvalue weighted by Crippen LogP contribution is -2.46. The number of halogens is 1. The van der Waals surface area contributed by atoms with Crippen molar-refractivity contribution in [2.24, 2.45) is 9.36 Å². The third-order valence-corrected chi connectivity index (χ3v) is 7.31. The van der Waals surface area contributed by atoms with Gasteiger partial charge in [-0.05, 0) is 53.2 Å². The molecule has 2 rings (SSSR count). The number of anilines is 1. The molecule has 0 bridgehead atoms. The lowest BCUT2D eigenvalue weighted by Gasteiger charge is -2.31. The maximum atomic E-state index is 14.7. The first-order valence-electron chi connectivity index (χ1n) is 9.32. The summed E-state index contributed by atoms with van der Waals surface area (Å²) in [5.41, 5.74) is -0.241. The van der Waals surface area contributed by atoms with E-state index in [0.717, 1.165) is 0 Å². The van der Waals surface area contributed by atoms with Crippen molar-refractivity contribution >= 4 is 28.8 Å². The fourth-order valence-corrected chi connectivity index (χ4v) is 5.61. The molecular weight excluding hydrogens is 381 g/mol. The molecule has 0 saturated carbocycles. The number of nitrogens with zero attached hydrogens (tertiary/aromatic N) is 3. The van der Waals surface area contributed by atoms with Crippen molar-refractivity contribution in [3.05, 3.63) is 23.6 Å². The van der Waals surface area contributed by atoms with Gasteiger partial charge >= 0.3 is 0 Å². The Kier molecular flexibility index (Phi) is 7.28. The number of hydrogen-bond acceptors (Lipinski definition) is 6. The summed E-state index contributed by atoms with van der Waals surface area (Å²) in [6.45, 7) is 10.8. The van der Waals surface area contributed by atoms with Gasteiger partial charge in [-0.15, -0.1) is 0 Å². The maximum absolute atomic E-state index is 14.7. The van der Waals surface area contributed by atoms with Crippen LogP contribution in [0.4, 0.5) is 10.2 Å². The molecule has 156 valence electrons. The van der Waals surface area contributed by atoms with E-state index < -0.39 is 21.2 Å². The number of aliphatic imine (C=N–C) groups is 1. The van der Waals surface area contributed by atoms with Crippen LogP contribution in [0.25, 0.3) is 0 Å². The van der Waals surface area contributed by atoms with Gasteiger partial charge < -0.3 is 15.4 Å². The van der Waals surface area contributed by atoms with E-state index in [0.29, 0.717) is 43.3 Å². The van der Waals surface area contributed by atoms with E-state index in [-0.39, 0.29) is 11.1 Å². The number of ether oxygens (including phenoxy) is 1. The van der Waals surface area contributed by atoms with E-state index >= 15 is 0 Å². The monoisotopic (exact) mass is 411 g/mol. The van der Waals surface area contributed by atoms with Crippen LogP contribution >= 0.6 is 0 Å². The molecule has 0 fully saturated rings. The molecule has 1 aromatic rings. The van der Waals surface area contributed by atoms with Gasteiger partial charge in [-0.25, -0.2) is 9.37 Å². The molecule has 1 amide bonds. The molecule has 0 aromatic carbocycles. The van der Waals surface area contributed by atoms with Gasteiger partial charge in [0, 0.05) is 20.2 Å². The average molecular weight is 412 g/mol. The molecule has 2 N–H and O–H groups in total. The van der Waals surface area contributed by atoms with Gasteiger partial charge in [-0.3, -0.25) is 14.1 Å². The summed E-state index contributed by atoms with van der Waals surface area (Å²) < 4.78 is 24.3. The van der Waals surface area contributed by atoms with E-state index in [4.69, 9.17) is 9.10 Å². The lowest BCUT2D eigenvalue weighted by molar-refractivity contribution is -0.108. The van der Waals surface area contributed by atoms with E-state index in [1.807, 2.05) is 34.6 Å². The molecule has 28 heavy (non-hydrogen) atoms. The quantitative estimate of drug-likeness (QED) is 0.298. The fraction of sp³-hybridized carbons (Fsp3) is 0.632. The second kappa shape index (κ2) is 9.09. The van der Waals surface area contributed by atoms with Gasteiger partial charge in [-0.2, -0.15) is 0 Å². The van der Waals surface area contributed by atoms with Gasteiger partial charge in [-0.1, -0.05) is 10.7 Å². The van der Waals surface area contributed by atoms with E-state index in [2.05, 4.69) is 20.6 Å². The number of amides is 1. The molecule has 1 aliphatic rings. The lowest BCUT2D eigenvalue weighted by atomic mass is 10.2. The topological polar surface area (TPSA) is 88.0 Å². The van der Waals surface area contributed by atoms with Crippen molar-refractivity contribution in [3.63, 3.8) is 0 Å². The molecule has 0 saturated heterocycles. The normalized spacial score (nSPS) is 20.6. The van der Waals surface area contributed by atoms with Crippen LogP contribution in [0.2, 0.25) is 0 Å². The largest absolute Gasteiger partial charge is 0.360 e. The van der Waals surface area contributed by atoms with Crippen molar-refractivity contribution in [3.8, 4) is 0 Å². The summed E-state index contributed by atoms with van der Waals surface area (Å²) in [4.78, 5) is 20.0. The molecule has 7 nitrogen and oxygen atoms in total. The van der Waals surface area contributed by atoms with Crippen molar-refractivity contribution in [2.45, 2.75) is 56.8 Å². The maximum Gasteiger partial charge on any atom is 0.212 e. The Morgan fingerprint density at radius 1 is 1.43 bits per heavy atom. The van der Waals surface area contributed by atoms with Crippen LogP contribution in [0, 0.1) is 5.82 Å². The van der Waals surface area contributed by atoms with Crippen LogP contribution in [-0.2, 0) is 20.2 Å². The third-order valence-electron chi connectivity index (χ3n) is 4.61. The first-order chi connectivity index (χ1) is 13.2. The SMILES string of the molecule is CCN=C(NC=O)C(C)(C)S1=NCCC1c1nc(NC(C)(C)OC)ccc1F. The first kappa shape index (κ1) is 22.4. The number of rotatable bonds is 8. The summed E-state index contributed by atoms with van der Waals surface area (Å²) in [6, 6.07) is 3.03. The Balaban J connectivity index is 2.41. The number of carbonyl (C=O) groups is 1. The standard InChI is InChI=1S/C19H30FN5O2S/c1-7-21-17(22-12-26)18(2,3)28-14(10-11-23-28)16-13(20)8-9-15(24-16)25-19(4,5)27-6/h8-9,12,14H,7,10-11H2,1-6H3,(H,24,25)(H,21,22,26). The van der Waals surface area contributed by atoms with Crippen LogP contribution in [0.1, 0.15) is 52.0 Å². The van der Waals surface area contributed by atoms with Gasteiger partial charge in [0.15, 0.2) is 0 Å². The van der Waals surface area contributed by atoms with Crippen molar-refractivity contribution in [1.82, 2.24) is 10.3 Å². The van der Waals surface area contributed by atoms with E-state index in [9.17, 15) is 9.18 Å². The summed E-state index contributed by atoms with van der Waals surface area (Å²) in [5, 5.41) is 5.69. The van der Waals surface area contributed by atoms with Crippen LogP contribution in [0.15, 0.2) is 21.5 Å². The first-order valence-corrected chi connectivity index (χ1v) is 10.6. The van der Waals surface area contributed by atoms with Crippen molar-refractivity contribution in [1.29, 1.82) is 0 Å². The van der Waals surface area contributed by atoms with Crippen molar-refractivity contribution in [2.75, 3.05) is 25.5 Å². The zero-order valence-electron chi connectivity index (χ0n) is 17.4. The highest BCUT2D eigenvalue weighted by molar-refractivity contribution is 7.90. The smallest absolute Gasteiger partial charge is 0.212 e.